The Labute approximate surface area is 138 Å². The van der Waals surface area contributed by atoms with Crippen molar-refractivity contribution in [1.29, 1.82) is 0 Å². The first-order valence-electron chi connectivity index (χ1n) is 6.70. The zero-order chi connectivity index (χ0) is 16.3. The molecule has 2 aromatic rings. The lowest BCUT2D eigenvalue weighted by atomic mass is 10.2. The second-order valence-corrected chi connectivity index (χ2v) is 7.29. The Kier molecular flexibility index (Phi) is 4.31. The number of amidine groups is 1. The fourth-order valence-corrected chi connectivity index (χ4v) is 3.93. The molecule has 0 spiro atoms. The average Bonchev–Trinajstić information content (AvgIpc) is 2.88. The monoisotopic (exact) mass is 344 g/mol. The van der Waals surface area contributed by atoms with E-state index in [4.69, 9.17) is 0 Å². The first kappa shape index (κ1) is 15.5. The zero-order valence-electron chi connectivity index (χ0n) is 11.8. The van der Waals surface area contributed by atoms with Crippen molar-refractivity contribution in [3.63, 3.8) is 0 Å². The first-order valence-corrected chi connectivity index (χ1v) is 8.96. The number of hydrogen-bond acceptors (Lipinski definition) is 4. The summed E-state index contributed by atoms with van der Waals surface area (Å²) < 4.78 is 28.1. The molecule has 1 N–H and O–H groups in total. The van der Waals surface area contributed by atoms with Crippen LogP contribution in [0.5, 0.6) is 0 Å². The molecule has 23 heavy (non-hydrogen) atoms. The van der Waals surface area contributed by atoms with Crippen molar-refractivity contribution in [2.75, 3.05) is 0 Å². The third-order valence-corrected chi connectivity index (χ3v) is 5.31. The molecule has 0 saturated carbocycles. The number of amides is 1. The molecule has 1 amide bonds. The van der Waals surface area contributed by atoms with Gasteiger partial charge in [-0.3, -0.25) is 10.1 Å². The van der Waals surface area contributed by atoms with E-state index in [0.717, 1.165) is 17.3 Å². The zero-order valence-corrected chi connectivity index (χ0v) is 13.5. The molecule has 1 aliphatic heterocycles. The Bertz CT molecular complexity index is 889. The van der Waals surface area contributed by atoms with E-state index in [2.05, 4.69) is 9.71 Å². The summed E-state index contributed by atoms with van der Waals surface area (Å²) in [6.07, 6.45) is 1.69. The second-order valence-electron chi connectivity index (χ2n) is 4.66. The van der Waals surface area contributed by atoms with Gasteiger partial charge in [-0.1, -0.05) is 48.5 Å². The van der Waals surface area contributed by atoms with Gasteiger partial charge in [-0.25, -0.2) is 0 Å². The molecule has 1 heterocycles. The van der Waals surface area contributed by atoms with Crippen molar-refractivity contribution in [2.24, 2.45) is 4.40 Å². The average molecular weight is 344 g/mol. The molecule has 7 heteroatoms. The van der Waals surface area contributed by atoms with Crippen LogP contribution in [0.25, 0.3) is 6.08 Å². The van der Waals surface area contributed by atoms with E-state index >= 15 is 0 Å². The third kappa shape index (κ3) is 3.69. The molecule has 0 unspecified atom stereocenters. The number of sulfonamides is 1. The lowest BCUT2D eigenvalue weighted by Crippen LogP contribution is -2.20. The predicted octanol–water partition coefficient (Wildman–Crippen LogP) is 2.64. The fourth-order valence-electron chi connectivity index (χ4n) is 1.93. The van der Waals surface area contributed by atoms with E-state index in [1.807, 2.05) is 30.3 Å². The molecule has 1 fully saturated rings. The van der Waals surface area contributed by atoms with Crippen molar-refractivity contribution in [3.05, 3.63) is 71.1 Å². The highest BCUT2D eigenvalue weighted by Crippen LogP contribution is 2.27. The molecule has 2 aromatic carbocycles. The summed E-state index contributed by atoms with van der Waals surface area (Å²) in [5.41, 5.74) is 0.859. The van der Waals surface area contributed by atoms with Crippen molar-refractivity contribution in [1.82, 2.24) is 5.32 Å². The Morgan fingerprint density at radius 3 is 2.22 bits per heavy atom. The van der Waals surface area contributed by atoms with Gasteiger partial charge >= 0.3 is 0 Å². The van der Waals surface area contributed by atoms with Crippen molar-refractivity contribution >= 4 is 38.9 Å². The van der Waals surface area contributed by atoms with E-state index < -0.39 is 10.0 Å². The molecule has 5 nitrogen and oxygen atoms in total. The number of benzene rings is 2. The lowest BCUT2D eigenvalue weighted by Gasteiger charge is -1.98. The Morgan fingerprint density at radius 2 is 1.57 bits per heavy atom. The standard InChI is InChI=1S/C16H12N2O3S2/c19-15-14(11-12-7-3-1-4-8-12)22-16(17-15)18-23(20,21)13-9-5-2-6-10-13/h1-11H,(H,17,18,19)/b14-11-. The number of carbonyl (C=O) groups excluding carboxylic acids is 1. The number of rotatable bonds is 3. The molecule has 1 aliphatic rings. The predicted molar refractivity (Wildman–Crippen MR) is 91.2 cm³/mol. The van der Waals surface area contributed by atoms with Gasteiger partial charge in [0, 0.05) is 0 Å². The van der Waals surface area contributed by atoms with Gasteiger partial charge in [0.05, 0.1) is 9.80 Å². The maximum Gasteiger partial charge on any atom is 0.284 e. The maximum atomic E-state index is 12.2. The number of thioether (sulfide) groups is 1. The van der Waals surface area contributed by atoms with Gasteiger partial charge < -0.3 is 0 Å². The van der Waals surface area contributed by atoms with Crippen molar-refractivity contribution < 1.29 is 13.2 Å². The molecule has 0 bridgehead atoms. The summed E-state index contributed by atoms with van der Waals surface area (Å²) in [6.45, 7) is 0. The second kappa shape index (κ2) is 6.39. The number of nitrogens with one attached hydrogen (secondary N) is 1. The van der Waals surface area contributed by atoms with E-state index in [0.29, 0.717) is 4.91 Å². The molecule has 1 saturated heterocycles. The number of hydrogen-bond donors (Lipinski definition) is 1. The Morgan fingerprint density at radius 1 is 0.957 bits per heavy atom. The van der Waals surface area contributed by atoms with Gasteiger partial charge in [-0.05, 0) is 35.5 Å². The molecular formula is C16H12N2O3S2. The SMILES string of the molecule is O=C1N/C(=N/S(=O)(=O)c2ccccc2)S/C1=C\c1ccccc1. The normalized spacial score (nSPS) is 18.3. The van der Waals surface area contributed by atoms with Crippen molar-refractivity contribution in [2.45, 2.75) is 4.90 Å². The van der Waals surface area contributed by atoms with E-state index in [9.17, 15) is 13.2 Å². The summed E-state index contributed by atoms with van der Waals surface area (Å²) in [7, 11) is -3.84. The molecule has 116 valence electrons. The van der Waals surface area contributed by atoms with Gasteiger partial charge in [-0.2, -0.15) is 8.42 Å². The topological polar surface area (TPSA) is 75.6 Å². The van der Waals surface area contributed by atoms with Gasteiger partial charge in [0.15, 0.2) is 5.17 Å². The minimum atomic E-state index is -3.84. The fraction of sp³-hybridized carbons (Fsp3) is 0. The maximum absolute atomic E-state index is 12.2. The van der Waals surface area contributed by atoms with Crippen LogP contribution >= 0.6 is 11.8 Å². The number of carbonyl (C=O) groups is 1. The van der Waals surface area contributed by atoms with Crippen LogP contribution in [0.4, 0.5) is 0 Å². The van der Waals surface area contributed by atoms with Gasteiger partial charge in [0.2, 0.25) is 0 Å². The summed E-state index contributed by atoms with van der Waals surface area (Å²) in [5, 5.41) is 2.53. The molecule has 0 aromatic heterocycles. The lowest BCUT2D eigenvalue weighted by molar-refractivity contribution is -0.115. The van der Waals surface area contributed by atoms with E-state index in [-0.39, 0.29) is 16.0 Å². The van der Waals surface area contributed by atoms with Crippen molar-refractivity contribution in [3.8, 4) is 0 Å². The molecule has 3 rings (SSSR count). The molecule has 0 atom stereocenters. The highest BCUT2D eigenvalue weighted by Gasteiger charge is 2.26. The minimum absolute atomic E-state index is 0.0565. The van der Waals surface area contributed by atoms with E-state index in [1.165, 1.54) is 12.1 Å². The van der Waals surface area contributed by atoms with Crippen LogP contribution < -0.4 is 5.32 Å². The molecule has 0 radical (unpaired) electrons. The number of nitrogens with zero attached hydrogens (tertiary/aromatic N) is 1. The van der Waals surface area contributed by atoms with Crippen LogP contribution in [0, 0.1) is 0 Å². The first-order chi connectivity index (χ1) is 11.0. The van der Waals surface area contributed by atoms with Crippen LogP contribution in [-0.2, 0) is 14.8 Å². The van der Waals surface area contributed by atoms with Gasteiger partial charge in [0.25, 0.3) is 15.9 Å². The van der Waals surface area contributed by atoms with Crippen LogP contribution in [0.1, 0.15) is 5.56 Å². The molecular weight excluding hydrogens is 332 g/mol. The van der Waals surface area contributed by atoms with Crippen LogP contribution in [0.3, 0.4) is 0 Å². The highest BCUT2D eigenvalue weighted by molar-refractivity contribution is 8.19. The largest absolute Gasteiger partial charge is 0.300 e. The van der Waals surface area contributed by atoms with Crippen LogP contribution in [-0.4, -0.2) is 19.5 Å². The summed E-state index contributed by atoms with van der Waals surface area (Å²) >= 11 is 1.01. The van der Waals surface area contributed by atoms with Gasteiger partial charge in [0.1, 0.15) is 0 Å². The summed E-state index contributed by atoms with van der Waals surface area (Å²) in [4.78, 5) is 12.4. The quantitative estimate of drug-likeness (QED) is 0.869. The smallest absolute Gasteiger partial charge is 0.284 e. The minimum Gasteiger partial charge on any atom is -0.300 e. The van der Waals surface area contributed by atoms with E-state index in [1.54, 1.807) is 24.3 Å². The van der Waals surface area contributed by atoms with Crippen LogP contribution in [0.15, 0.2) is 74.9 Å². The Hall–Kier alpha value is -2.38. The molecule has 0 aliphatic carbocycles. The summed E-state index contributed by atoms with van der Waals surface area (Å²) in [6, 6.07) is 17.2. The van der Waals surface area contributed by atoms with Crippen LogP contribution in [0.2, 0.25) is 0 Å². The third-order valence-electron chi connectivity index (χ3n) is 2.99. The summed E-state index contributed by atoms with van der Waals surface area (Å²) in [5.74, 6) is -0.360. The van der Waals surface area contributed by atoms with Gasteiger partial charge in [-0.15, -0.1) is 4.40 Å². The highest BCUT2D eigenvalue weighted by atomic mass is 32.2. The Balaban J connectivity index is 1.87.